The van der Waals surface area contributed by atoms with Gasteiger partial charge in [0.15, 0.2) is 10.8 Å². The van der Waals surface area contributed by atoms with Crippen molar-refractivity contribution >= 4 is 44.9 Å². The van der Waals surface area contributed by atoms with E-state index in [1.807, 2.05) is 4.40 Å². The number of carbonyl (C=O) groups is 1. The van der Waals surface area contributed by atoms with E-state index in [1.165, 1.54) is 35.7 Å². The van der Waals surface area contributed by atoms with Crippen LogP contribution < -0.4 is 0 Å². The first-order valence-corrected chi connectivity index (χ1v) is 9.41. The Morgan fingerprint density at radius 2 is 2.26 bits per heavy atom. The van der Waals surface area contributed by atoms with Gasteiger partial charge in [-0.15, -0.1) is 21.5 Å². The molecule has 120 valence electrons. The summed E-state index contributed by atoms with van der Waals surface area (Å²) >= 11 is 3.13. The number of hydrogen-bond donors (Lipinski definition) is 0. The summed E-state index contributed by atoms with van der Waals surface area (Å²) in [5.74, 6) is 0.889. The van der Waals surface area contributed by atoms with Crippen molar-refractivity contribution in [3.8, 4) is 0 Å². The van der Waals surface area contributed by atoms with Crippen LogP contribution in [0.5, 0.6) is 0 Å². The lowest BCUT2D eigenvalue weighted by Crippen LogP contribution is -2.06. The second-order valence-corrected chi connectivity index (χ2v) is 7.45. The van der Waals surface area contributed by atoms with Gasteiger partial charge in [0, 0.05) is 11.3 Å². The summed E-state index contributed by atoms with van der Waals surface area (Å²) in [4.78, 5) is 18.7. The molecular formula is C15H16N4O2S2. The first-order chi connectivity index (χ1) is 11.2. The smallest absolute Gasteiger partial charge is 0.316 e. The van der Waals surface area contributed by atoms with Gasteiger partial charge in [0.25, 0.3) is 0 Å². The topological polar surface area (TPSA) is 69.4 Å². The molecule has 0 aliphatic heterocycles. The highest BCUT2D eigenvalue weighted by atomic mass is 32.2. The van der Waals surface area contributed by atoms with E-state index in [9.17, 15) is 4.79 Å². The number of aromatic nitrogens is 4. The maximum absolute atomic E-state index is 11.4. The van der Waals surface area contributed by atoms with Crippen LogP contribution in [0.15, 0.2) is 5.16 Å². The average molecular weight is 348 g/mol. The lowest BCUT2D eigenvalue weighted by Gasteiger charge is -2.06. The molecule has 0 saturated carbocycles. The fraction of sp³-hybridized carbons (Fsp3) is 0.467. The molecule has 3 heterocycles. The van der Waals surface area contributed by atoms with Gasteiger partial charge in [-0.25, -0.2) is 4.98 Å². The second-order valence-electron chi connectivity index (χ2n) is 5.43. The third-order valence-electron chi connectivity index (χ3n) is 4.11. The lowest BCUT2D eigenvalue weighted by molar-refractivity contribution is -0.137. The molecule has 1 aliphatic rings. The minimum Gasteiger partial charge on any atom is -0.468 e. The number of thioether (sulfide) groups is 1. The Bertz CT molecular complexity index is 915. The van der Waals surface area contributed by atoms with Crippen LogP contribution in [0.1, 0.15) is 29.6 Å². The summed E-state index contributed by atoms with van der Waals surface area (Å²) in [5.41, 5.74) is 2.26. The summed E-state index contributed by atoms with van der Waals surface area (Å²) in [6.07, 6.45) is 4.23. The Morgan fingerprint density at radius 1 is 1.39 bits per heavy atom. The number of ether oxygens (including phenoxy) is 1. The molecule has 0 spiro atoms. The van der Waals surface area contributed by atoms with Crippen molar-refractivity contribution in [2.75, 3.05) is 12.9 Å². The second kappa shape index (κ2) is 5.76. The summed E-state index contributed by atoms with van der Waals surface area (Å²) in [6, 6.07) is 0. The summed E-state index contributed by atoms with van der Waals surface area (Å²) in [6.45, 7) is 2.07. The Balaban J connectivity index is 1.90. The van der Waals surface area contributed by atoms with Crippen molar-refractivity contribution in [1.29, 1.82) is 0 Å². The number of hydrogen-bond acceptors (Lipinski definition) is 7. The molecule has 1 aliphatic carbocycles. The molecule has 3 aromatic rings. The van der Waals surface area contributed by atoms with Crippen LogP contribution in [0, 0.1) is 0 Å². The zero-order valence-electron chi connectivity index (χ0n) is 13.0. The standard InChI is InChI=1S/C15H16N4O2S2/c1-3-10-16-14-12(8-5-4-6-9(8)23-14)13-17-18-15(19(10)13)22-7-11(20)21-2/h3-7H2,1-2H3. The third-order valence-corrected chi connectivity index (χ3v) is 6.20. The zero-order chi connectivity index (χ0) is 16.0. The third kappa shape index (κ3) is 2.31. The molecule has 8 heteroatoms. The number of nitrogens with zero attached hydrogens (tertiary/aromatic N) is 4. The van der Waals surface area contributed by atoms with E-state index in [2.05, 4.69) is 17.1 Å². The van der Waals surface area contributed by atoms with Gasteiger partial charge in [0.1, 0.15) is 10.7 Å². The molecule has 3 aromatic heterocycles. The number of carbonyl (C=O) groups excluding carboxylic acids is 1. The van der Waals surface area contributed by atoms with E-state index in [4.69, 9.17) is 9.72 Å². The van der Waals surface area contributed by atoms with Gasteiger partial charge in [0.2, 0.25) is 0 Å². The molecule has 0 unspecified atom stereocenters. The Kier molecular flexibility index (Phi) is 3.73. The zero-order valence-corrected chi connectivity index (χ0v) is 14.6. The number of fused-ring (bicyclic) bond motifs is 5. The molecule has 0 aromatic carbocycles. The fourth-order valence-electron chi connectivity index (χ4n) is 3.04. The lowest BCUT2D eigenvalue weighted by atomic mass is 10.2. The SMILES string of the molecule is CCc1nc2sc3c(c2c2nnc(SCC(=O)OC)n12)CCC3. The number of aryl methyl sites for hydroxylation is 3. The summed E-state index contributed by atoms with van der Waals surface area (Å²) in [5, 5.41) is 10.6. The summed E-state index contributed by atoms with van der Waals surface area (Å²) < 4.78 is 6.71. The van der Waals surface area contributed by atoms with E-state index in [-0.39, 0.29) is 11.7 Å². The monoisotopic (exact) mass is 348 g/mol. The van der Waals surface area contributed by atoms with Crippen LogP contribution in [0.25, 0.3) is 15.9 Å². The number of esters is 1. The first kappa shape index (κ1) is 14.9. The van der Waals surface area contributed by atoms with Crippen LogP contribution in [0.2, 0.25) is 0 Å². The van der Waals surface area contributed by atoms with Crippen molar-refractivity contribution in [2.24, 2.45) is 0 Å². The number of methoxy groups -OCH3 is 1. The molecule has 0 fully saturated rings. The fourth-order valence-corrected chi connectivity index (χ4v) is 5.10. The van der Waals surface area contributed by atoms with Gasteiger partial charge in [-0.05, 0) is 24.8 Å². The molecule has 0 N–H and O–H groups in total. The van der Waals surface area contributed by atoms with E-state index in [1.54, 1.807) is 11.3 Å². The van der Waals surface area contributed by atoms with E-state index in [0.717, 1.165) is 41.0 Å². The van der Waals surface area contributed by atoms with Crippen LogP contribution >= 0.6 is 23.1 Å². The van der Waals surface area contributed by atoms with E-state index >= 15 is 0 Å². The molecule has 0 amide bonds. The molecule has 0 bridgehead atoms. The largest absolute Gasteiger partial charge is 0.468 e. The molecule has 4 rings (SSSR count). The van der Waals surface area contributed by atoms with Crippen molar-refractivity contribution < 1.29 is 9.53 Å². The Hall–Kier alpha value is -1.67. The summed E-state index contributed by atoms with van der Waals surface area (Å²) in [7, 11) is 1.39. The molecule has 0 radical (unpaired) electrons. The normalized spacial score (nSPS) is 13.8. The maximum Gasteiger partial charge on any atom is 0.316 e. The maximum atomic E-state index is 11.4. The predicted molar refractivity (Wildman–Crippen MR) is 90.3 cm³/mol. The quantitative estimate of drug-likeness (QED) is 0.533. The van der Waals surface area contributed by atoms with E-state index < -0.39 is 0 Å². The Labute approximate surface area is 141 Å². The van der Waals surface area contributed by atoms with Crippen molar-refractivity contribution in [1.82, 2.24) is 19.6 Å². The van der Waals surface area contributed by atoms with Gasteiger partial charge in [-0.3, -0.25) is 9.20 Å². The number of thiophene rings is 1. The van der Waals surface area contributed by atoms with Gasteiger partial charge in [-0.2, -0.15) is 0 Å². The van der Waals surface area contributed by atoms with Crippen molar-refractivity contribution in [3.05, 3.63) is 16.3 Å². The van der Waals surface area contributed by atoms with Crippen LogP contribution in [0.4, 0.5) is 0 Å². The molecule has 0 atom stereocenters. The highest BCUT2D eigenvalue weighted by molar-refractivity contribution is 7.99. The minimum atomic E-state index is -0.268. The molecule has 6 nitrogen and oxygen atoms in total. The van der Waals surface area contributed by atoms with Crippen LogP contribution in [0.3, 0.4) is 0 Å². The highest BCUT2D eigenvalue weighted by Crippen LogP contribution is 2.39. The minimum absolute atomic E-state index is 0.222. The molecule has 23 heavy (non-hydrogen) atoms. The van der Waals surface area contributed by atoms with Gasteiger partial charge >= 0.3 is 5.97 Å². The first-order valence-electron chi connectivity index (χ1n) is 7.60. The van der Waals surface area contributed by atoms with Gasteiger partial charge in [0.05, 0.1) is 18.2 Å². The number of rotatable bonds is 4. The average Bonchev–Trinajstić information content (AvgIpc) is 3.24. The van der Waals surface area contributed by atoms with Gasteiger partial charge in [-0.1, -0.05) is 18.7 Å². The van der Waals surface area contributed by atoms with Crippen molar-refractivity contribution in [3.63, 3.8) is 0 Å². The van der Waals surface area contributed by atoms with Crippen molar-refractivity contribution in [2.45, 2.75) is 37.8 Å². The molecular weight excluding hydrogens is 332 g/mol. The molecule has 0 saturated heterocycles. The highest BCUT2D eigenvalue weighted by Gasteiger charge is 2.24. The van der Waals surface area contributed by atoms with Crippen LogP contribution in [-0.2, 0) is 28.8 Å². The predicted octanol–water partition coefficient (Wildman–Crippen LogP) is 2.66. The van der Waals surface area contributed by atoms with E-state index in [0.29, 0.717) is 5.16 Å². The van der Waals surface area contributed by atoms with Crippen LogP contribution in [-0.4, -0.2) is 38.4 Å². The Morgan fingerprint density at radius 3 is 3.04 bits per heavy atom. The van der Waals surface area contributed by atoms with Gasteiger partial charge < -0.3 is 4.74 Å².